The van der Waals surface area contributed by atoms with E-state index in [-0.39, 0.29) is 39.4 Å². The van der Waals surface area contributed by atoms with Gasteiger partial charge in [0, 0.05) is 31.2 Å². The summed E-state index contributed by atoms with van der Waals surface area (Å²) in [4.78, 5) is 34.2. The molecule has 1 unspecified atom stereocenters. The number of halogens is 2. The summed E-state index contributed by atoms with van der Waals surface area (Å²) in [5.41, 5.74) is -0.429. The van der Waals surface area contributed by atoms with Gasteiger partial charge in [0.05, 0.1) is 21.1 Å². The summed E-state index contributed by atoms with van der Waals surface area (Å²) in [5, 5.41) is 10.3. The Bertz CT molecular complexity index is 617. The Labute approximate surface area is 132 Å². The monoisotopic (exact) mass is 376 g/mol. The Morgan fingerprint density at radius 3 is 2.76 bits per heavy atom. The average Bonchev–Trinajstić information content (AvgIpc) is 2.68. The molecule has 1 aliphatic heterocycles. The Kier molecular flexibility index (Phi) is 4.62. The second kappa shape index (κ2) is 6.10. The maximum absolute atomic E-state index is 14.1. The molecule has 112 valence electrons. The Morgan fingerprint density at radius 1 is 1.57 bits per heavy atom. The van der Waals surface area contributed by atoms with E-state index in [0.717, 1.165) is 23.9 Å². The van der Waals surface area contributed by atoms with Crippen LogP contribution in [0.5, 0.6) is 0 Å². The molecule has 0 radical (unpaired) electrons. The van der Waals surface area contributed by atoms with Crippen LogP contribution in [0, 0.1) is 15.9 Å². The van der Waals surface area contributed by atoms with E-state index in [1.807, 2.05) is 0 Å². The van der Waals surface area contributed by atoms with Gasteiger partial charge in [-0.1, -0.05) is 11.8 Å². The summed E-state index contributed by atoms with van der Waals surface area (Å²) in [7, 11) is 0. The summed E-state index contributed by atoms with van der Waals surface area (Å²) in [6.07, 6.45) is 0.132. The van der Waals surface area contributed by atoms with E-state index in [1.54, 1.807) is 0 Å². The lowest BCUT2D eigenvalue weighted by molar-refractivity contribution is -0.385. The fraction of sp³-hybridized carbons (Fsp3) is 0.333. The van der Waals surface area contributed by atoms with Crippen molar-refractivity contribution in [3.63, 3.8) is 0 Å². The topological polar surface area (TPSA) is 80.5 Å². The number of hydrogen-bond acceptors (Lipinski definition) is 5. The standard InChI is InChI=1S/C12H10BrFN2O4S/c1-6(17)21-8-4-11(18)15(5-8)12-9(13)2-7(16(19)20)3-10(12)14/h2-3,8H,4-5H2,1H3. The van der Waals surface area contributed by atoms with E-state index in [0.29, 0.717) is 0 Å². The number of thioether (sulfide) groups is 1. The van der Waals surface area contributed by atoms with E-state index >= 15 is 0 Å². The molecule has 0 aromatic heterocycles. The minimum Gasteiger partial charge on any atom is -0.308 e. The predicted octanol–water partition coefficient (Wildman–Crippen LogP) is 2.88. The van der Waals surface area contributed by atoms with Crippen molar-refractivity contribution in [3.05, 3.63) is 32.5 Å². The molecule has 1 aromatic carbocycles. The molecule has 1 fully saturated rings. The molecule has 0 aliphatic carbocycles. The van der Waals surface area contributed by atoms with Crippen molar-refractivity contribution in [3.8, 4) is 0 Å². The first kappa shape index (κ1) is 15.9. The Hall–Kier alpha value is -1.48. The lowest BCUT2D eigenvalue weighted by Gasteiger charge is -2.18. The zero-order valence-corrected chi connectivity index (χ0v) is 13.2. The van der Waals surface area contributed by atoms with Gasteiger partial charge in [0.2, 0.25) is 5.91 Å². The fourth-order valence-electron chi connectivity index (χ4n) is 2.12. The van der Waals surface area contributed by atoms with Crippen molar-refractivity contribution < 1.29 is 18.9 Å². The van der Waals surface area contributed by atoms with Gasteiger partial charge in [0.15, 0.2) is 10.9 Å². The second-order valence-corrected chi connectivity index (χ2v) is 6.79. The molecule has 21 heavy (non-hydrogen) atoms. The van der Waals surface area contributed by atoms with Crippen molar-refractivity contribution >= 4 is 50.1 Å². The Morgan fingerprint density at radius 2 is 2.24 bits per heavy atom. The lowest BCUT2D eigenvalue weighted by atomic mass is 10.2. The van der Waals surface area contributed by atoms with E-state index in [4.69, 9.17) is 0 Å². The Balaban J connectivity index is 2.32. The molecule has 1 aliphatic rings. The first-order valence-electron chi connectivity index (χ1n) is 5.90. The highest BCUT2D eigenvalue weighted by atomic mass is 79.9. The van der Waals surface area contributed by atoms with Crippen molar-refractivity contribution in [1.29, 1.82) is 0 Å². The van der Waals surface area contributed by atoms with Crippen LogP contribution in [0.4, 0.5) is 15.8 Å². The van der Waals surface area contributed by atoms with Crippen LogP contribution in [0.25, 0.3) is 0 Å². The number of amides is 1. The molecule has 1 saturated heterocycles. The first-order valence-corrected chi connectivity index (χ1v) is 7.58. The molecule has 1 atom stereocenters. The van der Waals surface area contributed by atoms with E-state index in [1.165, 1.54) is 11.8 Å². The SMILES string of the molecule is CC(=O)SC1CC(=O)N(c2c(F)cc([N+](=O)[O-])cc2Br)C1. The molecule has 6 nitrogen and oxygen atoms in total. The molecule has 2 rings (SSSR count). The largest absolute Gasteiger partial charge is 0.308 e. The highest BCUT2D eigenvalue weighted by Gasteiger charge is 2.35. The normalized spacial score (nSPS) is 18.1. The van der Waals surface area contributed by atoms with Crippen LogP contribution in [0.1, 0.15) is 13.3 Å². The summed E-state index contributed by atoms with van der Waals surface area (Å²) < 4.78 is 14.2. The number of non-ortho nitro benzene ring substituents is 1. The van der Waals surface area contributed by atoms with Gasteiger partial charge in [0.25, 0.3) is 5.69 Å². The van der Waals surface area contributed by atoms with Gasteiger partial charge in [-0.3, -0.25) is 19.7 Å². The van der Waals surface area contributed by atoms with Crippen LogP contribution in [0.2, 0.25) is 0 Å². The summed E-state index contributed by atoms with van der Waals surface area (Å²) >= 11 is 4.10. The molecule has 9 heteroatoms. The van der Waals surface area contributed by atoms with Crippen LogP contribution >= 0.6 is 27.7 Å². The molecule has 0 N–H and O–H groups in total. The minimum atomic E-state index is -0.849. The summed E-state index contributed by atoms with van der Waals surface area (Å²) in [6, 6.07) is 1.93. The molecule has 0 saturated carbocycles. The minimum absolute atomic E-state index is 0.0303. The molecular formula is C12H10BrFN2O4S. The fourth-order valence-corrected chi connectivity index (χ4v) is 3.68. The third kappa shape index (κ3) is 3.41. The molecule has 1 heterocycles. The number of hydrogen-bond donors (Lipinski definition) is 0. The predicted molar refractivity (Wildman–Crippen MR) is 79.8 cm³/mol. The van der Waals surface area contributed by atoms with Crippen LogP contribution in [-0.4, -0.2) is 27.7 Å². The van der Waals surface area contributed by atoms with Gasteiger partial charge in [-0.05, 0) is 15.9 Å². The molecule has 0 spiro atoms. The number of nitrogens with zero attached hydrogens (tertiary/aromatic N) is 2. The number of carbonyl (C=O) groups excluding carboxylic acids is 2. The van der Waals surface area contributed by atoms with E-state index < -0.39 is 16.4 Å². The smallest absolute Gasteiger partial charge is 0.273 e. The highest BCUT2D eigenvalue weighted by Crippen LogP contribution is 2.37. The number of benzene rings is 1. The van der Waals surface area contributed by atoms with Gasteiger partial charge < -0.3 is 4.90 Å². The van der Waals surface area contributed by atoms with Crippen LogP contribution in [-0.2, 0) is 9.59 Å². The number of rotatable bonds is 3. The molecule has 1 aromatic rings. The average molecular weight is 377 g/mol. The van der Waals surface area contributed by atoms with Crippen molar-refractivity contribution in [1.82, 2.24) is 0 Å². The van der Waals surface area contributed by atoms with Crippen molar-refractivity contribution in [2.45, 2.75) is 18.6 Å². The van der Waals surface area contributed by atoms with Gasteiger partial charge in [-0.2, -0.15) is 0 Å². The van der Waals surface area contributed by atoms with E-state index in [9.17, 15) is 24.1 Å². The van der Waals surface area contributed by atoms with Crippen molar-refractivity contribution in [2.75, 3.05) is 11.4 Å². The number of carbonyl (C=O) groups is 2. The number of nitro benzene ring substituents is 1. The van der Waals surface area contributed by atoms with Crippen LogP contribution < -0.4 is 4.90 Å². The van der Waals surface area contributed by atoms with Gasteiger partial charge >= 0.3 is 0 Å². The second-order valence-electron chi connectivity index (χ2n) is 4.46. The van der Waals surface area contributed by atoms with E-state index in [2.05, 4.69) is 15.9 Å². The number of nitro groups is 1. The van der Waals surface area contributed by atoms with Gasteiger partial charge in [0.1, 0.15) is 0 Å². The third-order valence-electron chi connectivity index (χ3n) is 2.90. The molecule has 1 amide bonds. The highest BCUT2D eigenvalue weighted by molar-refractivity contribution is 9.10. The summed E-state index contributed by atoms with van der Waals surface area (Å²) in [5.74, 6) is -1.17. The number of anilines is 1. The van der Waals surface area contributed by atoms with Crippen LogP contribution in [0.3, 0.4) is 0 Å². The lowest BCUT2D eigenvalue weighted by Crippen LogP contribution is -2.26. The molecule has 0 bridgehead atoms. The molecular weight excluding hydrogens is 367 g/mol. The third-order valence-corrected chi connectivity index (χ3v) is 4.49. The summed E-state index contributed by atoms with van der Waals surface area (Å²) in [6.45, 7) is 1.59. The van der Waals surface area contributed by atoms with Crippen LogP contribution in [0.15, 0.2) is 16.6 Å². The maximum Gasteiger partial charge on any atom is 0.273 e. The van der Waals surface area contributed by atoms with Gasteiger partial charge in [-0.25, -0.2) is 4.39 Å². The van der Waals surface area contributed by atoms with Crippen molar-refractivity contribution in [2.24, 2.45) is 0 Å². The maximum atomic E-state index is 14.1. The first-order chi connectivity index (χ1) is 9.79. The zero-order chi connectivity index (χ0) is 15.7. The van der Waals surface area contributed by atoms with Gasteiger partial charge in [-0.15, -0.1) is 0 Å². The quantitative estimate of drug-likeness (QED) is 0.598. The zero-order valence-electron chi connectivity index (χ0n) is 10.8.